The average Bonchev–Trinajstić information content (AvgIpc) is 3.18. The lowest BCUT2D eigenvalue weighted by molar-refractivity contribution is 0.0376. The van der Waals surface area contributed by atoms with Gasteiger partial charge in [-0.1, -0.05) is 40.6 Å². The Morgan fingerprint density at radius 1 is 1.23 bits per heavy atom. The first-order valence-corrected chi connectivity index (χ1v) is 11.2. The smallest absolute Gasteiger partial charge is 0.261 e. The summed E-state index contributed by atoms with van der Waals surface area (Å²) in [5.41, 5.74) is 0.566. The number of nitrogens with zero attached hydrogens (tertiary/aromatic N) is 3. The molecule has 0 saturated carbocycles. The molecule has 4 rings (SSSR count). The molecule has 2 aromatic carbocycles. The van der Waals surface area contributed by atoms with E-state index in [-0.39, 0.29) is 11.4 Å². The minimum atomic E-state index is -0.406. The number of carbonyl (C=O) groups excluding carboxylic acids is 1. The van der Waals surface area contributed by atoms with E-state index in [0.29, 0.717) is 32.0 Å². The summed E-state index contributed by atoms with van der Waals surface area (Å²) in [5, 5.41) is 1.18. The van der Waals surface area contributed by atoms with Gasteiger partial charge in [-0.2, -0.15) is 0 Å². The summed E-state index contributed by atoms with van der Waals surface area (Å²) in [4.78, 5) is 21.7. The SMILES string of the molecule is O=C(c1cc(Cl)ccc1Cl)N(CCCN1CCOCC1)c1nc2c(F)cccc2s1. The van der Waals surface area contributed by atoms with Gasteiger partial charge in [0.1, 0.15) is 11.3 Å². The number of benzene rings is 2. The Balaban J connectivity index is 1.62. The Labute approximate surface area is 188 Å². The summed E-state index contributed by atoms with van der Waals surface area (Å²) in [5.74, 6) is -0.708. The van der Waals surface area contributed by atoms with E-state index in [4.69, 9.17) is 27.9 Å². The van der Waals surface area contributed by atoms with Gasteiger partial charge in [0.15, 0.2) is 5.13 Å². The Kier molecular flexibility index (Phi) is 6.85. The summed E-state index contributed by atoms with van der Waals surface area (Å²) >= 11 is 13.7. The first-order valence-electron chi connectivity index (χ1n) is 9.65. The van der Waals surface area contributed by atoms with Crippen molar-refractivity contribution in [3.8, 4) is 0 Å². The van der Waals surface area contributed by atoms with E-state index in [1.807, 2.05) is 0 Å². The van der Waals surface area contributed by atoms with Crippen molar-refractivity contribution in [2.45, 2.75) is 6.42 Å². The molecule has 1 saturated heterocycles. The quantitative estimate of drug-likeness (QED) is 0.505. The molecule has 0 radical (unpaired) electrons. The fourth-order valence-corrected chi connectivity index (χ4v) is 4.76. The fraction of sp³-hybridized carbons (Fsp3) is 0.333. The lowest BCUT2D eigenvalue weighted by Crippen LogP contribution is -2.39. The molecule has 1 fully saturated rings. The van der Waals surface area contributed by atoms with Crippen molar-refractivity contribution >= 4 is 55.8 Å². The molecule has 0 bridgehead atoms. The monoisotopic (exact) mass is 467 g/mol. The largest absolute Gasteiger partial charge is 0.379 e. The standard InChI is InChI=1S/C21H20Cl2FN3O2S/c22-14-5-6-16(23)15(13-14)20(28)27(8-2-7-26-9-11-29-12-10-26)21-25-19-17(24)3-1-4-18(19)30-21/h1,3-6,13H,2,7-12H2. The number of aromatic nitrogens is 1. The van der Waals surface area contributed by atoms with Crippen LogP contribution in [0.4, 0.5) is 9.52 Å². The minimum Gasteiger partial charge on any atom is -0.379 e. The highest BCUT2D eigenvalue weighted by Gasteiger charge is 2.24. The molecule has 0 aliphatic carbocycles. The van der Waals surface area contributed by atoms with Gasteiger partial charge in [0.05, 0.1) is 28.5 Å². The van der Waals surface area contributed by atoms with Crippen molar-refractivity contribution in [1.29, 1.82) is 0 Å². The van der Waals surface area contributed by atoms with E-state index in [9.17, 15) is 9.18 Å². The normalized spacial score (nSPS) is 14.9. The zero-order valence-electron chi connectivity index (χ0n) is 16.1. The van der Waals surface area contributed by atoms with Gasteiger partial charge < -0.3 is 4.74 Å². The van der Waals surface area contributed by atoms with Crippen LogP contribution in [0, 0.1) is 5.82 Å². The zero-order valence-corrected chi connectivity index (χ0v) is 18.4. The predicted octanol–water partition coefficient (Wildman–Crippen LogP) is 5.11. The lowest BCUT2D eigenvalue weighted by atomic mass is 10.2. The number of carbonyl (C=O) groups is 1. The first-order chi connectivity index (χ1) is 14.5. The van der Waals surface area contributed by atoms with Gasteiger partial charge in [-0.05, 0) is 36.8 Å². The molecule has 1 aliphatic heterocycles. The molecule has 0 atom stereocenters. The van der Waals surface area contributed by atoms with Crippen LogP contribution in [0.1, 0.15) is 16.8 Å². The second-order valence-electron chi connectivity index (χ2n) is 6.97. The lowest BCUT2D eigenvalue weighted by Gasteiger charge is -2.27. The van der Waals surface area contributed by atoms with Crippen LogP contribution >= 0.6 is 34.5 Å². The minimum absolute atomic E-state index is 0.265. The number of hydrogen-bond donors (Lipinski definition) is 0. The Bertz CT molecular complexity index is 1060. The number of halogens is 3. The third-order valence-corrected chi connectivity index (χ3v) is 6.56. The van der Waals surface area contributed by atoms with Gasteiger partial charge in [-0.15, -0.1) is 0 Å². The third kappa shape index (κ3) is 4.76. The highest BCUT2D eigenvalue weighted by molar-refractivity contribution is 7.22. The van der Waals surface area contributed by atoms with Crippen molar-refractivity contribution in [3.63, 3.8) is 0 Å². The molecule has 0 unspecified atom stereocenters. The highest BCUT2D eigenvalue weighted by Crippen LogP contribution is 2.32. The first kappa shape index (κ1) is 21.5. The van der Waals surface area contributed by atoms with Crippen molar-refractivity contribution in [2.75, 3.05) is 44.3 Å². The predicted molar refractivity (Wildman–Crippen MR) is 120 cm³/mol. The molecular weight excluding hydrogens is 448 g/mol. The molecule has 1 aromatic heterocycles. The molecule has 30 heavy (non-hydrogen) atoms. The number of rotatable bonds is 6. The van der Waals surface area contributed by atoms with Crippen molar-refractivity contribution in [2.24, 2.45) is 0 Å². The third-order valence-electron chi connectivity index (χ3n) is 4.95. The molecule has 9 heteroatoms. The Morgan fingerprint density at radius 3 is 2.80 bits per heavy atom. The van der Waals surface area contributed by atoms with Gasteiger partial charge in [0, 0.05) is 31.2 Å². The number of amides is 1. The molecule has 158 valence electrons. The van der Waals surface area contributed by atoms with E-state index in [0.717, 1.165) is 39.3 Å². The van der Waals surface area contributed by atoms with Crippen LogP contribution in [0.2, 0.25) is 10.0 Å². The Morgan fingerprint density at radius 2 is 2.03 bits per heavy atom. The van der Waals surface area contributed by atoms with Crippen LogP contribution in [-0.2, 0) is 4.74 Å². The van der Waals surface area contributed by atoms with Crippen molar-refractivity contribution < 1.29 is 13.9 Å². The van der Waals surface area contributed by atoms with E-state index in [2.05, 4.69) is 9.88 Å². The molecule has 5 nitrogen and oxygen atoms in total. The molecule has 0 N–H and O–H groups in total. The molecule has 3 aromatic rings. The van der Waals surface area contributed by atoms with Crippen molar-refractivity contribution in [1.82, 2.24) is 9.88 Å². The van der Waals surface area contributed by atoms with Crippen LogP contribution in [-0.4, -0.2) is 55.2 Å². The topological polar surface area (TPSA) is 45.7 Å². The van der Waals surface area contributed by atoms with Gasteiger partial charge in [0.25, 0.3) is 5.91 Å². The van der Waals surface area contributed by atoms with Gasteiger partial charge in [-0.3, -0.25) is 14.6 Å². The maximum atomic E-state index is 14.2. The molecule has 0 spiro atoms. The van der Waals surface area contributed by atoms with Gasteiger partial charge in [0.2, 0.25) is 0 Å². The maximum absolute atomic E-state index is 14.2. The van der Waals surface area contributed by atoms with Crippen LogP contribution in [0.25, 0.3) is 10.2 Å². The number of morpholine rings is 1. The second kappa shape index (κ2) is 9.58. The fourth-order valence-electron chi connectivity index (χ4n) is 3.39. The number of anilines is 1. The van der Waals surface area contributed by atoms with E-state index in [1.54, 1.807) is 35.2 Å². The van der Waals surface area contributed by atoms with E-state index < -0.39 is 5.82 Å². The number of para-hydroxylation sites is 1. The molecule has 2 heterocycles. The number of fused-ring (bicyclic) bond motifs is 1. The maximum Gasteiger partial charge on any atom is 0.261 e. The van der Waals surface area contributed by atoms with E-state index in [1.165, 1.54) is 17.4 Å². The molecule has 1 aliphatic rings. The van der Waals surface area contributed by atoms with Crippen LogP contribution < -0.4 is 4.90 Å². The molecular formula is C21H20Cl2FN3O2S. The van der Waals surface area contributed by atoms with Gasteiger partial charge in [-0.25, -0.2) is 9.37 Å². The number of hydrogen-bond acceptors (Lipinski definition) is 5. The second-order valence-corrected chi connectivity index (χ2v) is 8.82. The summed E-state index contributed by atoms with van der Waals surface area (Å²) in [6, 6.07) is 9.58. The summed E-state index contributed by atoms with van der Waals surface area (Å²) < 4.78 is 20.3. The average molecular weight is 468 g/mol. The van der Waals surface area contributed by atoms with E-state index >= 15 is 0 Å². The summed E-state index contributed by atoms with van der Waals surface area (Å²) in [6.07, 6.45) is 0.738. The number of thiazole rings is 1. The van der Waals surface area contributed by atoms with Crippen LogP contribution in [0.15, 0.2) is 36.4 Å². The summed E-state index contributed by atoms with van der Waals surface area (Å²) in [7, 11) is 0. The molecule has 1 amide bonds. The van der Waals surface area contributed by atoms with Crippen LogP contribution in [0.5, 0.6) is 0 Å². The Hall–Kier alpha value is -1.77. The van der Waals surface area contributed by atoms with Gasteiger partial charge >= 0.3 is 0 Å². The number of ether oxygens (including phenoxy) is 1. The summed E-state index contributed by atoms with van der Waals surface area (Å²) in [6.45, 7) is 4.45. The zero-order chi connectivity index (χ0) is 21.1. The highest BCUT2D eigenvalue weighted by atomic mass is 35.5. The van der Waals surface area contributed by atoms with Crippen LogP contribution in [0.3, 0.4) is 0 Å². The van der Waals surface area contributed by atoms with Crippen molar-refractivity contribution in [3.05, 3.63) is 57.8 Å².